The van der Waals surface area contributed by atoms with Crippen LogP contribution in [-0.4, -0.2) is 25.8 Å². The third-order valence-electron chi connectivity index (χ3n) is 2.73. The first-order valence-electron chi connectivity index (χ1n) is 6.53. The second-order valence-electron chi connectivity index (χ2n) is 4.25. The van der Waals surface area contributed by atoms with E-state index in [1.54, 1.807) is 42.5 Å². The molecule has 0 fully saturated rings. The van der Waals surface area contributed by atoms with Gasteiger partial charge in [-0.2, -0.15) is 5.10 Å². The average molecular weight is 302 g/mol. The molecule has 0 heterocycles. The Morgan fingerprint density at radius 1 is 1.18 bits per heavy atom. The van der Waals surface area contributed by atoms with Crippen LogP contribution in [0.1, 0.15) is 5.56 Å². The summed E-state index contributed by atoms with van der Waals surface area (Å²) in [5, 5.41) is 3.68. The van der Waals surface area contributed by atoms with Crippen molar-refractivity contribution in [2.45, 2.75) is 0 Å². The zero-order chi connectivity index (χ0) is 15.8. The van der Waals surface area contributed by atoms with Crippen molar-refractivity contribution < 1.29 is 18.7 Å². The van der Waals surface area contributed by atoms with Gasteiger partial charge in [0.05, 0.1) is 13.3 Å². The van der Waals surface area contributed by atoms with E-state index in [-0.39, 0.29) is 12.2 Å². The minimum absolute atomic E-state index is 0.227. The van der Waals surface area contributed by atoms with Gasteiger partial charge in [-0.15, -0.1) is 0 Å². The third-order valence-corrected chi connectivity index (χ3v) is 2.73. The lowest BCUT2D eigenvalue weighted by atomic mass is 10.2. The van der Waals surface area contributed by atoms with E-state index in [4.69, 9.17) is 9.47 Å². The Morgan fingerprint density at radius 2 is 1.86 bits per heavy atom. The maximum atomic E-state index is 13.3. The number of carbonyl (C=O) groups is 1. The molecule has 0 aromatic heterocycles. The Bertz CT molecular complexity index is 674. The zero-order valence-corrected chi connectivity index (χ0v) is 12.0. The highest BCUT2D eigenvalue weighted by atomic mass is 19.1. The van der Waals surface area contributed by atoms with E-state index in [1.807, 2.05) is 0 Å². The van der Waals surface area contributed by atoms with E-state index < -0.39 is 11.7 Å². The fourth-order valence-electron chi connectivity index (χ4n) is 1.67. The van der Waals surface area contributed by atoms with Gasteiger partial charge in [0, 0.05) is 5.56 Å². The maximum absolute atomic E-state index is 13.3. The number of hydrazone groups is 1. The molecule has 22 heavy (non-hydrogen) atoms. The number of nitrogens with zero attached hydrogens (tertiary/aromatic N) is 1. The van der Waals surface area contributed by atoms with E-state index >= 15 is 0 Å². The second kappa shape index (κ2) is 7.78. The summed E-state index contributed by atoms with van der Waals surface area (Å²) < 4.78 is 23.8. The van der Waals surface area contributed by atoms with Gasteiger partial charge in [-0.1, -0.05) is 30.3 Å². The highest BCUT2D eigenvalue weighted by Gasteiger charge is 2.06. The van der Waals surface area contributed by atoms with Gasteiger partial charge in [0.2, 0.25) is 0 Å². The molecule has 6 heteroatoms. The number of rotatable bonds is 6. The highest BCUT2D eigenvalue weighted by Crippen LogP contribution is 2.25. The molecule has 0 atom stereocenters. The van der Waals surface area contributed by atoms with Gasteiger partial charge in [0.25, 0.3) is 5.91 Å². The van der Waals surface area contributed by atoms with Gasteiger partial charge >= 0.3 is 0 Å². The number of para-hydroxylation sites is 2. The number of halogens is 1. The standard InChI is InChI=1S/C16H15FN2O3/c1-21-14-8-4-5-9-15(14)22-11-16(20)19-18-10-12-6-2-3-7-13(12)17/h2-10H,11H2,1H3,(H,19,20)/b18-10+. The van der Waals surface area contributed by atoms with Gasteiger partial charge in [-0.05, 0) is 18.2 Å². The molecule has 2 rings (SSSR count). The Labute approximate surface area is 127 Å². The molecule has 0 spiro atoms. The second-order valence-corrected chi connectivity index (χ2v) is 4.25. The minimum Gasteiger partial charge on any atom is -0.493 e. The lowest BCUT2D eigenvalue weighted by molar-refractivity contribution is -0.123. The van der Waals surface area contributed by atoms with Crippen LogP contribution in [0.4, 0.5) is 4.39 Å². The molecule has 0 aliphatic rings. The van der Waals surface area contributed by atoms with Gasteiger partial charge in [-0.3, -0.25) is 4.79 Å². The quantitative estimate of drug-likeness (QED) is 0.658. The van der Waals surface area contributed by atoms with Crippen LogP contribution in [0.25, 0.3) is 0 Å². The van der Waals surface area contributed by atoms with Crippen LogP contribution in [0.3, 0.4) is 0 Å². The van der Waals surface area contributed by atoms with Gasteiger partial charge in [0.1, 0.15) is 5.82 Å². The molecular formula is C16H15FN2O3. The molecule has 0 radical (unpaired) electrons. The Hall–Kier alpha value is -2.89. The molecule has 0 saturated carbocycles. The molecule has 0 unspecified atom stereocenters. The first kappa shape index (κ1) is 15.5. The van der Waals surface area contributed by atoms with E-state index in [9.17, 15) is 9.18 Å². The summed E-state index contributed by atoms with van der Waals surface area (Å²) in [6, 6.07) is 13.1. The fourth-order valence-corrected chi connectivity index (χ4v) is 1.67. The van der Waals surface area contributed by atoms with Crippen molar-refractivity contribution in [2.75, 3.05) is 13.7 Å². The van der Waals surface area contributed by atoms with Crippen LogP contribution in [-0.2, 0) is 4.79 Å². The molecule has 2 aromatic carbocycles. The number of carbonyl (C=O) groups excluding carboxylic acids is 1. The van der Waals surface area contributed by atoms with E-state index in [1.165, 1.54) is 19.4 Å². The van der Waals surface area contributed by atoms with Gasteiger partial charge in [0.15, 0.2) is 18.1 Å². The molecular weight excluding hydrogens is 287 g/mol. The van der Waals surface area contributed by atoms with Gasteiger partial charge < -0.3 is 9.47 Å². The topological polar surface area (TPSA) is 59.9 Å². The Kier molecular flexibility index (Phi) is 5.48. The lowest BCUT2D eigenvalue weighted by Gasteiger charge is -2.09. The number of amides is 1. The van der Waals surface area contributed by atoms with Gasteiger partial charge in [-0.25, -0.2) is 9.82 Å². The SMILES string of the molecule is COc1ccccc1OCC(=O)N/N=C/c1ccccc1F. The largest absolute Gasteiger partial charge is 0.493 e. The monoisotopic (exact) mass is 302 g/mol. The summed E-state index contributed by atoms with van der Waals surface area (Å²) in [6.45, 7) is -0.227. The number of benzene rings is 2. The normalized spacial score (nSPS) is 10.5. The molecule has 1 amide bonds. The number of ether oxygens (including phenoxy) is 2. The molecule has 114 valence electrons. The third kappa shape index (κ3) is 4.31. The van der Waals surface area contributed by atoms with Crippen molar-refractivity contribution in [2.24, 2.45) is 5.10 Å². The summed E-state index contributed by atoms with van der Waals surface area (Å²) in [6.07, 6.45) is 1.23. The Balaban J connectivity index is 1.85. The van der Waals surface area contributed by atoms with Crippen LogP contribution in [0.2, 0.25) is 0 Å². The number of nitrogens with one attached hydrogen (secondary N) is 1. The Morgan fingerprint density at radius 3 is 2.59 bits per heavy atom. The van der Waals surface area contributed by atoms with Crippen LogP contribution >= 0.6 is 0 Å². The molecule has 1 N–H and O–H groups in total. The predicted octanol–water partition coefficient (Wildman–Crippen LogP) is 2.36. The number of hydrogen-bond acceptors (Lipinski definition) is 4. The number of hydrogen-bond donors (Lipinski definition) is 1. The molecule has 0 bridgehead atoms. The lowest BCUT2D eigenvalue weighted by Crippen LogP contribution is -2.24. The zero-order valence-electron chi connectivity index (χ0n) is 12.0. The first-order chi connectivity index (χ1) is 10.7. The van der Waals surface area contributed by atoms with Crippen LogP contribution < -0.4 is 14.9 Å². The predicted molar refractivity (Wildman–Crippen MR) is 80.6 cm³/mol. The van der Waals surface area contributed by atoms with E-state index in [2.05, 4.69) is 10.5 Å². The van der Waals surface area contributed by atoms with Crippen molar-refractivity contribution in [3.8, 4) is 11.5 Å². The maximum Gasteiger partial charge on any atom is 0.277 e. The van der Waals surface area contributed by atoms with Crippen molar-refractivity contribution >= 4 is 12.1 Å². The average Bonchev–Trinajstić information content (AvgIpc) is 2.55. The molecule has 0 aliphatic heterocycles. The summed E-state index contributed by atoms with van der Waals surface area (Å²) in [7, 11) is 1.51. The van der Waals surface area contributed by atoms with Crippen LogP contribution in [0.15, 0.2) is 53.6 Å². The fraction of sp³-hybridized carbons (Fsp3) is 0.125. The summed E-state index contributed by atoms with van der Waals surface area (Å²) in [5.41, 5.74) is 2.55. The first-order valence-corrected chi connectivity index (χ1v) is 6.53. The number of methoxy groups -OCH3 is 1. The molecule has 2 aromatic rings. The molecule has 0 saturated heterocycles. The van der Waals surface area contributed by atoms with E-state index in [0.717, 1.165) is 0 Å². The van der Waals surface area contributed by atoms with Crippen LogP contribution in [0, 0.1) is 5.82 Å². The summed E-state index contributed by atoms with van der Waals surface area (Å²) in [5.74, 6) is 0.118. The minimum atomic E-state index is -0.460. The van der Waals surface area contributed by atoms with Crippen molar-refractivity contribution in [3.63, 3.8) is 0 Å². The summed E-state index contributed by atoms with van der Waals surface area (Å²) >= 11 is 0. The van der Waals surface area contributed by atoms with Crippen molar-refractivity contribution in [1.29, 1.82) is 0 Å². The smallest absolute Gasteiger partial charge is 0.277 e. The summed E-state index contributed by atoms with van der Waals surface area (Å²) in [4.78, 5) is 11.6. The molecule has 0 aliphatic carbocycles. The van der Waals surface area contributed by atoms with Crippen LogP contribution in [0.5, 0.6) is 11.5 Å². The van der Waals surface area contributed by atoms with E-state index in [0.29, 0.717) is 11.5 Å². The molecule has 5 nitrogen and oxygen atoms in total. The highest BCUT2D eigenvalue weighted by molar-refractivity contribution is 5.83. The van der Waals surface area contributed by atoms with Crippen molar-refractivity contribution in [3.05, 3.63) is 59.9 Å². The van der Waals surface area contributed by atoms with Crippen molar-refractivity contribution in [1.82, 2.24) is 5.43 Å².